The van der Waals surface area contributed by atoms with Gasteiger partial charge in [-0.05, 0) is 43.6 Å². The van der Waals surface area contributed by atoms with Crippen LogP contribution < -0.4 is 10.1 Å². The maximum Gasteiger partial charge on any atom is 0.573 e. The largest absolute Gasteiger partial charge is 0.573 e. The van der Waals surface area contributed by atoms with Crippen LogP contribution in [0.3, 0.4) is 0 Å². The van der Waals surface area contributed by atoms with Crippen molar-refractivity contribution in [3.05, 3.63) is 29.8 Å². The summed E-state index contributed by atoms with van der Waals surface area (Å²) >= 11 is 0. The van der Waals surface area contributed by atoms with Crippen molar-refractivity contribution in [3.63, 3.8) is 0 Å². The topological polar surface area (TPSA) is 41.6 Å². The second-order valence-electron chi connectivity index (χ2n) is 5.41. The lowest BCUT2D eigenvalue weighted by Crippen LogP contribution is -2.38. The lowest BCUT2D eigenvalue weighted by atomic mass is 9.96. The number of ether oxygens (including phenoxy) is 1. The molecule has 1 fully saturated rings. The van der Waals surface area contributed by atoms with E-state index in [4.69, 9.17) is 0 Å². The normalized spacial score (nSPS) is 15.7. The number of carbonyl (C=O) groups is 1. The molecule has 0 aromatic heterocycles. The van der Waals surface area contributed by atoms with Crippen molar-refractivity contribution in [3.8, 4) is 5.75 Å². The average molecular weight is 353 g/mol. The van der Waals surface area contributed by atoms with Gasteiger partial charge in [-0.25, -0.2) is 0 Å². The Kier molecular flexibility index (Phi) is 7.15. The highest BCUT2D eigenvalue weighted by Crippen LogP contribution is 2.24. The van der Waals surface area contributed by atoms with E-state index in [0.717, 1.165) is 25.9 Å². The Bertz CT molecular complexity index is 520. The number of amides is 1. The van der Waals surface area contributed by atoms with Gasteiger partial charge in [-0.2, -0.15) is 0 Å². The molecule has 1 amide bonds. The number of carbonyl (C=O) groups excluding carboxylic acids is 1. The van der Waals surface area contributed by atoms with Gasteiger partial charge in [-0.3, -0.25) is 4.79 Å². The molecule has 1 aromatic carbocycles. The number of hydrogen-bond donors (Lipinski definition) is 1. The minimum atomic E-state index is -4.71. The van der Waals surface area contributed by atoms with Gasteiger partial charge < -0.3 is 15.0 Å². The van der Waals surface area contributed by atoms with Gasteiger partial charge in [0.15, 0.2) is 0 Å². The Morgan fingerprint density at radius 3 is 2.61 bits per heavy atom. The van der Waals surface area contributed by atoms with E-state index in [1.165, 1.54) is 18.2 Å². The molecular weight excluding hydrogens is 333 g/mol. The second kappa shape index (κ2) is 8.40. The molecule has 1 aliphatic rings. The third-order valence-corrected chi connectivity index (χ3v) is 3.62. The van der Waals surface area contributed by atoms with E-state index in [9.17, 15) is 18.0 Å². The zero-order valence-corrected chi connectivity index (χ0v) is 13.5. The van der Waals surface area contributed by atoms with E-state index in [1.54, 1.807) is 18.0 Å². The van der Waals surface area contributed by atoms with E-state index >= 15 is 0 Å². The highest BCUT2D eigenvalue weighted by Gasteiger charge is 2.31. The van der Waals surface area contributed by atoms with Gasteiger partial charge in [0.2, 0.25) is 5.91 Å². The van der Waals surface area contributed by atoms with Crippen molar-refractivity contribution < 1.29 is 22.7 Å². The Hall–Kier alpha value is -1.47. The van der Waals surface area contributed by atoms with E-state index < -0.39 is 6.36 Å². The summed E-state index contributed by atoms with van der Waals surface area (Å²) in [6.07, 6.45) is -3.13. The van der Waals surface area contributed by atoms with Crippen molar-refractivity contribution in [2.24, 2.45) is 5.92 Å². The summed E-state index contributed by atoms with van der Waals surface area (Å²) in [4.78, 5) is 13.9. The van der Waals surface area contributed by atoms with Gasteiger partial charge >= 0.3 is 6.36 Å². The molecule has 0 radical (unpaired) electrons. The third-order valence-electron chi connectivity index (χ3n) is 3.62. The van der Waals surface area contributed by atoms with Gasteiger partial charge in [0.05, 0.1) is 0 Å². The molecule has 8 heteroatoms. The van der Waals surface area contributed by atoms with Crippen molar-refractivity contribution >= 4 is 18.3 Å². The second-order valence-corrected chi connectivity index (χ2v) is 5.41. The van der Waals surface area contributed by atoms with Crippen molar-refractivity contribution in [1.29, 1.82) is 0 Å². The Balaban J connectivity index is 0.00000264. The number of nitrogens with zero attached hydrogens (tertiary/aromatic N) is 1. The molecule has 130 valence electrons. The average Bonchev–Trinajstić information content (AvgIpc) is 2.46. The van der Waals surface area contributed by atoms with Crippen LogP contribution in [-0.2, 0) is 11.3 Å². The van der Waals surface area contributed by atoms with Gasteiger partial charge in [-0.15, -0.1) is 25.6 Å². The summed E-state index contributed by atoms with van der Waals surface area (Å²) in [5.74, 6) is -0.253. The molecule has 0 aliphatic carbocycles. The fraction of sp³-hybridized carbons (Fsp3) is 0.533. The molecule has 23 heavy (non-hydrogen) atoms. The van der Waals surface area contributed by atoms with Crippen LogP contribution in [-0.4, -0.2) is 37.3 Å². The Morgan fingerprint density at radius 2 is 2.00 bits per heavy atom. The SMILES string of the molecule is CN(Cc1cccc(OC(F)(F)F)c1)C(=O)C1CCNCC1.Cl. The van der Waals surface area contributed by atoms with Crippen LogP contribution in [0.4, 0.5) is 13.2 Å². The lowest BCUT2D eigenvalue weighted by Gasteiger charge is -2.27. The first-order chi connectivity index (χ1) is 10.3. The molecule has 0 spiro atoms. The van der Waals surface area contributed by atoms with Gasteiger partial charge in [-0.1, -0.05) is 12.1 Å². The number of piperidine rings is 1. The van der Waals surface area contributed by atoms with Crippen molar-refractivity contribution in [1.82, 2.24) is 10.2 Å². The third kappa shape index (κ3) is 6.27. The molecule has 1 aliphatic heterocycles. The van der Waals surface area contributed by atoms with Crippen molar-refractivity contribution in [2.75, 3.05) is 20.1 Å². The predicted octanol–water partition coefficient (Wildman–Crippen LogP) is 2.97. The van der Waals surface area contributed by atoms with E-state index in [1.807, 2.05) is 0 Å². The Morgan fingerprint density at radius 1 is 1.35 bits per heavy atom. The molecule has 2 rings (SSSR count). The number of nitrogens with one attached hydrogen (secondary N) is 1. The summed E-state index contributed by atoms with van der Waals surface area (Å²) in [6.45, 7) is 1.90. The maximum atomic E-state index is 12.3. The molecule has 4 nitrogen and oxygen atoms in total. The molecule has 1 saturated heterocycles. The first kappa shape index (κ1) is 19.6. The number of halogens is 4. The number of alkyl halides is 3. The molecule has 1 aromatic rings. The highest BCUT2D eigenvalue weighted by molar-refractivity contribution is 5.85. The van der Waals surface area contributed by atoms with Crippen LogP contribution in [0.5, 0.6) is 5.75 Å². The fourth-order valence-corrected chi connectivity index (χ4v) is 2.57. The van der Waals surface area contributed by atoms with Crippen LogP contribution in [0.1, 0.15) is 18.4 Å². The quantitative estimate of drug-likeness (QED) is 0.905. The first-order valence-electron chi connectivity index (χ1n) is 7.15. The lowest BCUT2D eigenvalue weighted by molar-refractivity contribution is -0.274. The standard InChI is InChI=1S/C15H19F3N2O2.ClH/c1-20(14(21)12-5-7-19-8-6-12)10-11-3-2-4-13(9-11)22-15(16,17)18;/h2-4,9,12,19H,5-8,10H2,1H3;1H. The summed E-state index contributed by atoms with van der Waals surface area (Å²) in [7, 11) is 1.67. The maximum absolute atomic E-state index is 12.3. The first-order valence-corrected chi connectivity index (χ1v) is 7.15. The number of rotatable bonds is 4. The van der Waals surface area contributed by atoms with Gasteiger partial charge in [0, 0.05) is 19.5 Å². The van der Waals surface area contributed by atoms with E-state index in [0.29, 0.717) is 5.56 Å². The molecule has 0 saturated carbocycles. The minimum absolute atomic E-state index is 0. The predicted molar refractivity (Wildman–Crippen MR) is 82.4 cm³/mol. The van der Waals surface area contributed by atoms with Gasteiger partial charge in [0.25, 0.3) is 0 Å². The van der Waals surface area contributed by atoms with Gasteiger partial charge in [0.1, 0.15) is 5.75 Å². The molecule has 0 bridgehead atoms. The summed E-state index contributed by atoms with van der Waals surface area (Å²) in [6, 6.07) is 5.71. The van der Waals surface area contributed by atoms with E-state index in [-0.39, 0.29) is 36.5 Å². The minimum Gasteiger partial charge on any atom is -0.406 e. The monoisotopic (exact) mass is 352 g/mol. The van der Waals surface area contributed by atoms with Crippen molar-refractivity contribution in [2.45, 2.75) is 25.7 Å². The summed E-state index contributed by atoms with van der Waals surface area (Å²) in [5.41, 5.74) is 0.603. The molecular formula is C15H20ClF3N2O2. The number of benzene rings is 1. The van der Waals surface area contributed by atoms with E-state index in [2.05, 4.69) is 10.1 Å². The molecule has 1 N–H and O–H groups in total. The smallest absolute Gasteiger partial charge is 0.406 e. The van der Waals surface area contributed by atoms with Crippen LogP contribution in [0.15, 0.2) is 24.3 Å². The van der Waals surface area contributed by atoms with Crippen LogP contribution in [0.2, 0.25) is 0 Å². The number of hydrogen-bond acceptors (Lipinski definition) is 3. The molecule has 0 unspecified atom stereocenters. The molecule has 0 atom stereocenters. The summed E-state index contributed by atoms with van der Waals surface area (Å²) in [5, 5.41) is 3.19. The van der Waals surface area contributed by atoms with Crippen LogP contribution >= 0.6 is 12.4 Å². The fourth-order valence-electron chi connectivity index (χ4n) is 2.57. The zero-order chi connectivity index (χ0) is 16.2. The Labute approximate surface area is 139 Å². The highest BCUT2D eigenvalue weighted by atomic mass is 35.5. The van der Waals surface area contributed by atoms with Crippen LogP contribution in [0, 0.1) is 5.92 Å². The zero-order valence-electron chi connectivity index (χ0n) is 12.7. The van der Waals surface area contributed by atoms with Crippen LogP contribution in [0.25, 0.3) is 0 Å². The molecule has 1 heterocycles. The summed E-state index contributed by atoms with van der Waals surface area (Å²) < 4.78 is 40.5.